The van der Waals surface area contributed by atoms with Crippen LogP contribution in [0.15, 0.2) is 23.2 Å². The van der Waals surface area contributed by atoms with E-state index in [0.29, 0.717) is 5.56 Å². The fourth-order valence-corrected chi connectivity index (χ4v) is 3.27. The van der Waals surface area contributed by atoms with Crippen LogP contribution in [0.3, 0.4) is 0 Å². The van der Waals surface area contributed by atoms with Gasteiger partial charge in [-0.3, -0.25) is 0 Å². The van der Waals surface area contributed by atoms with E-state index in [9.17, 15) is 27.1 Å². The van der Waals surface area contributed by atoms with Gasteiger partial charge in [-0.05, 0) is 30.4 Å². The Balaban J connectivity index is 0.000000941. The van der Waals surface area contributed by atoms with E-state index in [1.54, 1.807) is 12.1 Å². The van der Waals surface area contributed by atoms with Gasteiger partial charge in [-0.25, -0.2) is 26.9 Å². The van der Waals surface area contributed by atoms with Crippen LogP contribution < -0.4 is 0 Å². The number of halogens is 7. The molecule has 3 rings (SSSR count). The van der Waals surface area contributed by atoms with E-state index in [0.717, 1.165) is 38.3 Å². The molecule has 1 aliphatic carbocycles. The van der Waals surface area contributed by atoms with Crippen LogP contribution in [-0.2, 0) is 20.8 Å². The summed E-state index contributed by atoms with van der Waals surface area (Å²) in [5, 5.41) is 10.4. The molecular formula is C19H16Cl2F5NOZr. The van der Waals surface area contributed by atoms with Gasteiger partial charge in [-0.2, -0.15) is 0 Å². The molecule has 0 atom stereocenters. The van der Waals surface area contributed by atoms with Gasteiger partial charge in [0.05, 0.1) is 0 Å². The first-order valence-corrected chi connectivity index (χ1v) is 15.0. The standard InChI is InChI=1S/C19H16F5NO.2ClH.Zr/c20-13-14(21)16(23)18(17(24)15(13)22)25-9-11-7-4-8-12(19(11)26)10-5-2-1-3-6-10;;;/h4,7-10,26H,1-3,5-6H2;2*1H;/q;;;+2/p-2. The number of phenols is 1. The SMILES string of the molecule is Oc1c(C=Nc2c(F)c(F)c(F)c(F)c2F)cccc1C1CCCCC1.[Cl][Zr][Cl]. The van der Waals surface area contributed by atoms with Crippen molar-refractivity contribution >= 4 is 28.9 Å². The van der Waals surface area contributed by atoms with Gasteiger partial charge in [0.1, 0.15) is 11.4 Å². The van der Waals surface area contributed by atoms with E-state index in [-0.39, 0.29) is 17.2 Å². The first-order chi connectivity index (χ1) is 13.8. The summed E-state index contributed by atoms with van der Waals surface area (Å²) >= 11 is -0.826. The zero-order valence-electron chi connectivity index (χ0n) is 15.0. The summed E-state index contributed by atoms with van der Waals surface area (Å²) in [6.45, 7) is 0. The number of nitrogens with zero attached hydrogens (tertiary/aromatic N) is 1. The van der Waals surface area contributed by atoms with Crippen LogP contribution in [0.25, 0.3) is 0 Å². The van der Waals surface area contributed by atoms with E-state index in [4.69, 9.17) is 17.0 Å². The monoisotopic (exact) mass is 529 g/mol. The summed E-state index contributed by atoms with van der Waals surface area (Å²) in [6.07, 6.45) is 5.98. The Labute approximate surface area is 183 Å². The summed E-state index contributed by atoms with van der Waals surface area (Å²) in [5.74, 6) is -10.3. The van der Waals surface area contributed by atoms with E-state index < -0.39 is 55.6 Å². The first kappa shape index (κ1) is 24.3. The number of hydrogen-bond acceptors (Lipinski definition) is 2. The molecule has 0 spiro atoms. The summed E-state index contributed by atoms with van der Waals surface area (Å²) in [4.78, 5) is 3.40. The van der Waals surface area contributed by atoms with Gasteiger partial charge >= 0.3 is 37.9 Å². The van der Waals surface area contributed by atoms with E-state index in [2.05, 4.69) is 4.99 Å². The molecule has 0 aromatic heterocycles. The van der Waals surface area contributed by atoms with Gasteiger partial charge in [-0.1, -0.05) is 31.4 Å². The second-order valence-corrected chi connectivity index (χ2v) is 10.1. The van der Waals surface area contributed by atoms with Crippen molar-refractivity contribution in [3.05, 3.63) is 58.4 Å². The van der Waals surface area contributed by atoms with Crippen LogP contribution in [0.2, 0.25) is 0 Å². The zero-order chi connectivity index (χ0) is 21.6. The van der Waals surface area contributed by atoms with E-state index >= 15 is 0 Å². The van der Waals surface area contributed by atoms with Gasteiger partial charge in [0.2, 0.25) is 5.82 Å². The van der Waals surface area contributed by atoms with Crippen LogP contribution in [0.1, 0.15) is 49.1 Å². The van der Waals surface area contributed by atoms with Crippen LogP contribution in [0.4, 0.5) is 27.6 Å². The molecule has 156 valence electrons. The molecule has 1 N–H and O–H groups in total. The average Bonchev–Trinajstić information content (AvgIpc) is 2.73. The Bertz CT molecular complexity index is 862. The van der Waals surface area contributed by atoms with Crippen molar-refractivity contribution in [2.75, 3.05) is 0 Å². The molecule has 2 aromatic carbocycles. The number of aliphatic imine (C=N–C) groups is 1. The minimum atomic E-state index is -2.24. The third-order valence-electron chi connectivity index (χ3n) is 4.66. The van der Waals surface area contributed by atoms with Crippen molar-refractivity contribution in [1.82, 2.24) is 0 Å². The van der Waals surface area contributed by atoms with Gasteiger partial charge in [0, 0.05) is 11.8 Å². The molecule has 0 radical (unpaired) electrons. The van der Waals surface area contributed by atoms with Crippen molar-refractivity contribution in [2.45, 2.75) is 38.0 Å². The molecule has 2 nitrogen and oxygen atoms in total. The van der Waals surface area contributed by atoms with Crippen molar-refractivity contribution in [2.24, 2.45) is 4.99 Å². The summed E-state index contributed by atoms with van der Waals surface area (Å²) in [7, 11) is 9.87. The molecule has 0 saturated heterocycles. The van der Waals surface area contributed by atoms with Crippen LogP contribution in [-0.4, -0.2) is 11.3 Å². The van der Waals surface area contributed by atoms with Crippen molar-refractivity contribution in [1.29, 1.82) is 0 Å². The summed E-state index contributed by atoms with van der Waals surface area (Å²) < 4.78 is 66.9. The van der Waals surface area contributed by atoms with Gasteiger partial charge in [-0.15, -0.1) is 0 Å². The minimum absolute atomic E-state index is 0.0907. The summed E-state index contributed by atoms with van der Waals surface area (Å²) in [6, 6.07) is 4.88. The zero-order valence-corrected chi connectivity index (χ0v) is 18.9. The predicted octanol–water partition coefficient (Wildman–Crippen LogP) is 7.26. The van der Waals surface area contributed by atoms with Crippen molar-refractivity contribution < 1.29 is 47.9 Å². The molecule has 0 aliphatic heterocycles. The second kappa shape index (κ2) is 11.4. The Morgan fingerprint density at radius 1 is 0.897 bits per heavy atom. The third kappa shape index (κ3) is 5.80. The van der Waals surface area contributed by atoms with Gasteiger partial charge in [0.25, 0.3) is 0 Å². The van der Waals surface area contributed by atoms with Crippen LogP contribution in [0, 0.1) is 29.1 Å². The molecule has 2 aromatic rings. The predicted molar refractivity (Wildman–Crippen MR) is 99.1 cm³/mol. The normalized spacial score (nSPS) is 14.6. The van der Waals surface area contributed by atoms with Crippen molar-refractivity contribution in [3.8, 4) is 5.75 Å². The second-order valence-electron chi connectivity index (χ2n) is 6.37. The molecule has 0 unspecified atom stereocenters. The molecule has 1 aliphatic rings. The molecule has 1 saturated carbocycles. The molecule has 1 fully saturated rings. The number of para-hydroxylation sites is 1. The Kier molecular flexibility index (Phi) is 9.57. The van der Waals surface area contributed by atoms with Crippen molar-refractivity contribution in [3.63, 3.8) is 0 Å². The molecule has 0 amide bonds. The van der Waals surface area contributed by atoms with Crippen LogP contribution in [0.5, 0.6) is 5.75 Å². The number of rotatable bonds is 3. The number of benzene rings is 2. The van der Waals surface area contributed by atoms with Gasteiger partial charge < -0.3 is 5.11 Å². The molecule has 0 heterocycles. The Morgan fingerprint density at radius 2 is 1.41 bits per heavy atom. The number of phenolic OH excluding ortho intramolecular Hbond substituents is 1. The Morgan fingerprint density at radius 3 is 1.97 bits per heavy atom. The third-order valence-corrected chi connectivity index (χ3v) is 4.66. The fourth-order valence-electron chi connectivity index (χ4n) is 3.27. The number of hydrogen-bond donors (Lipinski definition) is 1. The maximum atomic E-state index is 13.7. The van der Waals surface area contributed by atoms with Crippen LogP contribution >= 0.6 is 17.0 Å². The molecule has 0 bridgehead atoms. The number of aromatic hydroxyl groups is 1. The maximum absolute atomic E-state index is 13.7. The topological polar surface area (TPSA) is 32.6 Å². The molecule has 29 heavy (non-hydrogen) atoms. The van der Waals surface area contributed by atoms with E-state index in [1.807, 2.05) is 0 Å². The summed E-state index contributed by atoms with van der Waals surface area (Å²) in [5.41, 5.74) is -0.438. The average molecular weight is 531 g/mol. The van der Waals surface area contributed by atoms with Gasteiger partial charge in [0.15, 0.2) is 23.3 Å². The molecular weight excluding hydrogens is 515 g/mol. The van der Waals surface area contributed by atoms with E-state index in [1.165, 1.54) is 6.07 Å². The quantitative estimate of drug-likeness (QED) is 0.192. The first-order valence-electron chi connectivity index (χ1n) is 8.67. The Hall–Kier alpha value is -0.977. The fraction of sp³-hybridized carbons (Fsp3) is 0.316. The molecule has 10 heteroatoms.